The minimum absolute atomic E-state index is 0.0648. The molecule has 0 aromatic carbocycles. The summed E-state index contributed by atoms with van der Waals surface area (Å²) in [6, 6.07) is 0. The normalized spacial score (nSPS) is 13.7. The van der Waals surface area contributed by atoms with Gasteiger partial charge in [-0.25, -0.2) is 9.97 Å². The molecule has 0 atom stereocenters. The van der Waals surface area contributed by atoms with Gasteiger partial charge in [0.1, 0.15) is 17.1 Å². The van der Waals surface area contributed by atoms with E-state index in [2.05, 4.69) is 9.97 Å². The van der Waals surface area contributed by atoms with Gasteiger partial charge in [-0.1, -0.05) is 0 Å². The van der Waals surface area contributed by atoms with Gasteiger partial charge < -0.3 is 5.73 Å². The van der Waals surface area contributed by atoms with Gasteiger partial charge in [0.05, 0.1) is 0 Å². The molecule has 0 spiro atoms. The molecule has 1 aliphatic heterocycles. The van der Waals surface area contributed by atoms with Crippen LogP contribution in [-0.4, -0.2) is 27.6 Å². The highest BCUT2D eigenvalue weighted by Crippen LogP contribution is 2.18. The van der Waals surface area contributed by atoms with Crippen molar-refractivity contribution in [3.8, 4) is 0 Å². The molecule has 0 bridgehead atoms. The molecular weight excluding hydrogens is 200 g/mol. The van der Waals surface area contributed by atoms with Crippen molar-refractivity contribution in [1.29, 1.82) is 0 Å². The Hall–Kier alpha value is -2.31. The zero-order valence-corrected chi connectivity index (χ0v) is 7.70. The van der Waals surface area contributed by atoms with E-state index in [0.29, 0.717) is 0 Å². The van der Waals surface area contributed by atoms with Crippen LogP contribution < -0.4 is 11.1 Å². The number of fused-ring (bicyclic) bond motifs is 1. The number of nitrogens with two attached hydrogens (primary N) is 1. The molecule has 15 heavy (non-hydrogen) atoms. The first-order chi connectivity index (χ1) is 7.00. The fraction of sp³-hybridized carbons (Fsp3) is 0.125. The van der Waals surface area contributed by atoms with Crippen molar-refractivity contribution in [2.75, 3.05) is 5.73 Å². The van der Waals surface area contributed by atoms with Crippen molar-refractivity contribution < 1.29 is 14.4 Å². The third-order valence-corrected chi connectivity index (χ3v) is 1.92. The number of hydrogen-bond donors (Lipinski definition) is 2. The number of anilines is 1. The largest absolute Gasteiger partial charge is 0.383 e. The Morgan fingerprint density at radius 3 is 2.53 bits per heavy atom. The maximum absolute atomic E-state index is 11.2. The van der Waals surface area contributed by atoms with Crippen LogP contribution in [0, 0.1) is 0 Å². The first-order valence-electron chi connectivity index (χ1n) is 4.05. The Kier molecular flexibility index (Phi) is 1.75. The predicted octanol–water partition coefficient (Wildman–Crippen LogP) is -0.855. The second-order valence-electron chi connectivity index (χ2n) is 3.00. The lowest BCUT2D eigenvalue weighted by atomic mass is 10.2. The van der Waals surface area contributed by atoms with E-state index < -0.39 is 17.6 Å². The van der Waals surface area contributed by atoms with Crippen molar-refractivity contribution in [2.45, 2.75) is 6.92 Å². The first-order valence-corrected chi connectivity index (χ1v) is 4.05. The van der Waals surface area contributed by atoms with Gasteiger partial charge in [-0.2, -0.15) is 0 Å². The van der Waals surface area contributed by atoms with Crippen LogP contribution in [0.5, 0.6) is 0 Å². The SMILES string of the molecule is CC(=O)c1nc(N)c2c(n1)C(=O)NC2=O. The van der Waals surface area contributed by atoms with Crippen LogP contribution in [0.4, 0.5) is 5.82 Å². The minimum atomic E-state index is -0.661. The number of carbonyl (C=O) groups is 3. The van der Waals surface area contributed by atoms with E-state index in [1.54, 1.807) is 0 Å². The molecule has 1 aromatic rings. The van der Waals surface area contributed by atoms with E-state index in [1.807, 2.05) is 5.32 Å². The molecule has 0 fully saturated rings. The van der Waals surface area contributed by atoms with Gasteiger partial charge >= 0.3 is 0 Å². The summed E-state index contributed by atoms with van der Waals surface area (Å²) in [4.78, 5) is 40.7. The maximum atomic E-state index is 11.2. The number of hydrogen-bond acceptors (Lipinski definition) is 6. The zero-order chi connectivity index (χ0) is 11.2. The van der Waals surface area contributed by atoms with Crippen LogP contribution in [0.25, 0.3) is 0 Å². The summed E-state index contributed by atoms with van der Waals surface area (Å²) in [7, 11) is 0. The van der Waals surface area contributed by atoms with Crippen molar-refractivity contribution in [1.82, 2.24) is 15.3 Å². The van der Waals surface area contributed by atoms with Gasteiger partial charge in [0, 0.05) is 6.92 Å². The highest BCUT2D eigenvalue weighted by molar-refractivity contribution is 6.22. The molecular formula is C8H6N4O3. The van der Waals surface area contributed by atoms with Crippen molar-refractivity contribution >= 4 is 23.4 Å². The monoisotopic (exact) mass is 206 g/mol. The van der Waals surface area contributed by atoms with E-state index in [1.165, 1.54) is 6.92 Å². The van der Waals surface area contributed by atoms with Crippen LogP contribution in [0.3, 0.4) is 0 Å². The summed E-state index contributed by atoms with van der Waals surface area (Å²) in [5.41, 5.74) is 5.24. The molecule has 0 saturated heterocycles. The number of amides is 2. The number of carbonyl (C=O) groups excluding carboxylic acids is 3. The van der Waals surface area contributed by atoms with Crippen LogP contribution in [0.2, 0.25) is 0 Å². The molecule has 0 radical (unpaired) electrons. The fourth-order valence-corrected chi connectivity index (χ4v) is 1.25. The van der Waals surface area contributed by atoms with Gasteiger partial charge in [0.15, 0.2) is 11.6 Å². The second kappa shape index (κ2) is 2.84. The number of rotatable bonds is 1. The topological polar surface area (TPSA) is 115 Å². The summed E-state index contributed by atoms with van der Waals surface area (Å²) in [5.74, 6) is -2.05. The highest BCUT2D eigenvalue weighted by Gasteiger charge is 2.32. The highest BCUT2D eigenvalue weighted by atomic mass is 16.2. The number of aromatic nitrogens is 2. The lowest BCUT2D eigenvalue weighted by Gasteiger charge is -2.00. The van der Waals surface area contributed by atoms with E-state index in [0.717, 1.165) is 0 Å². The maximum Gasteiger partial charge on any atom is 0.277 e. The van der Waals surface area contributed by atoms with E-state index in [4.69, 9.17) is 5.73 Å². The van der Waals surface area contributed by atoms with Gasteiger partial charge in [0.2, 0.25) is 0 Å². The van der Waals surface area contributed by atoms with Gasteiger partial charge in [-0.05, 0) is 0 Å². The molecule has 2 rings (SSSR count). The van der Waals surface area contributed by atoms with Crippen molar-refractivity contribution in [2.24, 2.45) is 0 Å². The lowest BCUT2D eigenvalue weighted by molar-refractivity contribution is 0.0878. The van der Waals surface area contributed by atoms with Crippen LogP contribution in [0.15, 0.2) is 0 Å². The number of imide groups is 1. The quantitative estimate of drug-likeness (QED) is 0.456. The average molecular weight is 206 g/mol. The number of Topliss-reactive ketones (excluding diaryl/α,β-unsaturated/α-hetero) is 1. The molecule has 1 aromatic heterocycles. The molecule has 76 valence electrons. The molecule has 7 nitrogen and oxygen atoms in total. The molecule has 0 aliphatic carbocycles. The number of nitrogens with zero attached hydrogens (tertiary/aromatic N) is 2. The Morgan fingerprint density at radius 2 is 1.93 bits per heavy atom. The third-order valence-electron chi connectivity index (χ3n) is 1.92. The van der Waals surface area contributed by atoms with Crippen LogP contribution in [0.1, 0.15) is 38.4 Å². The summed E-state index contributed by atoms with van der Waals surface area (Å²) in [6.45, 7) is 1.25. The Labute approximate surface area is 83.7 Å². The van der Waals surface area contributed by atoms with Crippen LogP contribution in [-0.2, 0) is 0 Å². The average Bonchev–Trinajstić information content (AvgIpc) is 2.42. The van der Waals surface area contributed by atoms with E-state index in [-0.39, 0.29) is 22.9 Å². The summed E-state index contributed by atoms with van der Waals surface area (Å²) < 4.78 is 0. The Morgan fingerprint density at radius 1 is 1.27 bits per heavy atom. The Balaban J connectivity index is 2.71. The van der Waals surface area contributed by atoms with Gasteiger partial charge in [-0.3, -0.25) is 19.7 Å². The zero-order valence-electron chi connectivity index (χ0n) is 7.70. The molecule has 1 aliphatic rings. The first kappa shape index (κ1) is 9.25. The van der Waals surface area contributed by atoms with E-state index >= 15 is 0 Å². The van der Waals surface area contributed by atoms with Gasteiger partial charge in [0.25, 0.3) is 11.8 Å². The lowest BCUT2D eigenvalue weighted by Crippen LogP contribution is -2.20. The number of nitrogens with one attached hydrogen (secondary N) is 1. The van der Waals surface area contributed by atoms with Crippen LogP contribution >= 0.6 is 0 Å². The molecule has 2 heterocycles. The smallest absolute Gasteiger partial charge is 0.277 e. The number of ketones is 1. The number of nitrogen functional groups attached to an aromatic ring is 1. The van der Waals surface area contributed by atoms with E-state index in [9.17, 15) is 14.4 Å². The summed E-state index contributed by atoms with van der Waals surface area (Å²) in [5, 5.41) is 2.02. The Bertz CT molecular complexity index is 509. The molecule has 0 saturated carbocycles. The minimum Gasteiger partial charge on any atom is -0.383 e. The second-order valence-corrected chi connectivity index (χ2v) is 3.00. The van der Waals surface area contributed by atoms with Crippen molar-refractivity contribution in [3.63, 3.8) is 0 Å². The fourth-order valence-electron chi connectivity index (χ4n) is 1.25. The molecule has 0 unspecified atom stereocenters. The van der Waals surface area contributed by atoms with Crippen molar-refractivity contribution in [3.05, 3.63) is 17.1 Å². The van der Waals surface area contributed by atoms with Gasteiger partial charge in [-0.15, -0.1) is 0 Å². The standard InChI is InChI=1S/C8H6N4O3/c1-2(13)6-10-4-3(5(9)11-6)7(14)12-8(4)15/h1H3,(H2,9,10,11)(H,12,14,15). The predicted molar refractivity (Wildman–Crippen MR) is 48.2 cm³/mol. The molecule has 2 amide bonds. The summed E-state index contributed by atoms with van der Waals surface area (Å²) >= 11 is 0. The third kappa shape index (κ3) is 1.25. The summed E-state index contributed by atoms with van der Waals surface area (Å²) in [6.07, 6.45) is 0. The molecule has 3 N–H and O–H groups in total. The molecule has 7 heteroatoms.